The molecule has 0 radical (unpaired) electrons. The molecule has 36 heavy (non-hydrogen) atoms. The second kappa shape index (κ2) is 12.0. The summed E-state index contributed by atoms with van der Waals surface area (Å²) in [4.78, 5) is 5.90. The van der Waals surface area contributed by atoms with E-state index in [2.05, 4.69) is 91.8 Å². The lowest BCUT2D eigenvalue weighted by Crippen LogP contribution is -2.25. The molecule has 2 saturated heterocycles. The van der Waals surface area contributed by atoms with E-state index in [0.29, 0.717) is 0 Å². The van der Waals surface area contributed by atoms with Crippen molar-refractivity contribution < 1.29 is 18.9 Å². The van der Waals surface area contributed by atoms with Gasteiger partial charge >= 0.3 is 0 Å². The zero-order valence-electron chi connectivity index (χ0n) is 21.2. The van der Waals surface area contributed by atoms with Gasteiger partial charge in [0.15, 0.2) is 27.3 Å². The first-order valence-corrected chi connectivity index (χ1v) is 14.2. The SMILES string of the molecule is CN(C)c1cccc([S+](c2ccc(OC3CCCCO3)cc2)c2ccc(OC3CCCCO3)cc2)c1. The van der Waals surface area contributed by atoms with Gasteiger partial charge in [-0.25, -0.2) is 0 Å². The summed E-state index contributed by atoms with van der Waals surface area (Å²) < 4.78 is 23.7. The van der Waals surface area contributed by atoms with E-state index in [1.807, 2.05) is 0 Å². The minimum Gasteiger partial charge on any atom is -0.465 e. The van der Waals surface area contributed by atoms with Crippen LogP contribution in [0.15, 0.2) is 87.5 Å². The molecule has 2 heterocycles. The summed E-state index contributed by atoms with van der Waals surface area (Å²) in [5.41, 5.74) is 1.19. The van der Waals surface area contributed by atoms with Crippen molar-refractivity contribution in [2.75, 3.05) is 32.2 Å². The zero-order chi connectivity index (χ0) is 24.7. The van der Waals surface area contributed by atoms with Gasteiger partial charge in [-0.15, -0.1) is 0 Å². The first-order valence-electron chi connectivity index (χ1n) is 12.9. The predicted octanol–water partition coefficient (Wildman–Crippen LogP) is 6.66. The second-order valence-electron chi connectivity index (χ2n) is 9.47. The van der Waals surface area contributed by atoms with Crippen molar-refractivity contribution >= 4 is 16.6 Å². The van der Waals surface area contributed by atoms with Crippen molar-refractivity contribution in [3.05, 3.63) is 72.8 Å². The van der Waals surface area contributed by atoms with Gasteiger partial charge in [-0.3, -0.25) is 0 Å². The number of ether oxygens (including phenoxy) is 4. The van der Waals surface area contributed by atoms with Crippen LogP contribution >= 0.6 is 0 Å². The summed E-state index contributed by atoms with van der Waals surface area (Å²) in [5.74, 6) is 1.71. The van der Waals surface area contributed by atoms with Crippen molar-refractivity contribution in [3.8, 4) is 11.5 Å². The molecule has 2 unspecified atom stereocenters. The molecular formula is C30H36NO4S+. The molecule has 2 fully saturated rings. The van der Waals surface area contributed by atoms with Crippen molar-refractivity contribution in [1.29, 1.82) is 0 Å². The van der Waals surface area contributed by atoms with Crippen LogP contribution in [0, 0.1) is 0 Å². The lowest BCUT2D eigenvalue weighted by Gasteiger charge is -2.23. The molecule has 2 atom stereocenters. The Kier molecular flexibility index (Phi) is 8.36. The molecule has 0 bridgehead atoms. The van der Waals surface area contributed by atoms with Crippen molar-refractivity contribution in [2.45, 2.75) is 65.8 Å². The highest BCUT2D eigenvalue weighted by Gasteiger charge is 2.30. The molecule has 2 aliphatic rings. The highest BCUT2D eigenvalue weighted by Crippen LogP contribution is 2.35. The Labute approximate surface area is 217 Å². The Morgan fingerprint density at radius 1 is 0.667 bits per heavy atom. The fourth-order valence-corrected chi connectivity index (χ4v) is 6.60. The summed E-state index contributed by atoms with van der Waals surface area (Å²) in [5, 5.41) is 0. The summed E-state index contributed by atoms with van der Waals surface area (Å²) in [6.45, 7) is 1.56. The lowest BCUT2D eigenvalue weighted by molar-refractivity contribution is -0.106. The van der Waals surface area contributed by atoms with Gasteiger partial charge in [-0.05, 0) is 86.3 Å². The molecule has 2 aliphatic heterocycles. The Morgan fingerprint density at radius 3 is 1.64 bits per heavy atom. The van der Waals surface area contributed by atoms with Crippen molar-refractivity contribution in [3.63, 3.8) is 0 Å². The molecule has 5 nitrogen and oxygen atoms in total. The lowest BCUT2D eigenvalue weighted by atomic mass is 10.2. The standard InChI is InChI=1S/C30H36NO4S/c1-31(2)23-8-7-9-28(22-23)36(26-16-12-24(13-17-26)34-29-10-3-5-20-32-29)27-18-14-25(15-19-27)35-30-11-4-6-21-33-30/h7-9,12-19,22,29-30H,3-6,10-11,20-21H2,1-2H3/q+1. The number of nitrogens with zero attached hydrogens (tertiary/aromatic N) is 1. The number of anilines is 1. The molecule has 0 aromatic heterocycles. The van der Waals surface area contributed by atoms with Crippen molar-refractivity contribution in [1.82, 2.24) is 0 Å². The first kappa shape index (κ1) is 25.0. The van der Waals surface area contributed by atoms with E-state index in [9.17, 15) is 0 Å². The summed E-state index contributed by atoms with van der Waals surface area (Å²) in [7, 11) is 3.89. The van der Waals surface area contributed by atoms with Crippen LogP contribution in [0.2, 0.25) is 0 Å². The molecule has 5 rings (SSSR count). The second-order valence-corrected chi connectivity index (χ2v) is 11.5. The monoisotopic (exact) mass is 506 g/mol. The molecule has 190 valence electrons. The minimum absolute atomic E-state index is 0.139. The minimum atomic E-state index is -0.272. The Balaban J connectivity index is 1.40. The van der Waals surface area contributed by atoms with E-state index in [0.717, 1.165) is 63.2 Å². The largest absolute Gasteiger partial charge is 0.465 e. The summed E-state index contributed by atoms with van der Waals surface area (Å²) in [6, 6.07) is 25.8. The van der Waals surface area contributed by atoms with Gasteiger partial charge in [0.05, 0.1) is 24.1 Å². The van der Waals surface area contributed by atoms with E-state index < -0.39 is 0 Å². The first-order chi connectivity index (χ1) is 17.7. The molecule has 3 aromatic rings. The maximum absolute atomic E-state index is 6.09. The highest BCUT2D eigenvalue weighted by atomic mass is 32.2. The predicted molar refractivity (Wildman–Crippen MR) is 144 cm³/mol. The van der Waals surface area contributed by atoms with Crippen LogP contribution in [0.1, 0.15) is 38.5 Å². The molecule has 0 amide bonds. The molecule has 0 saturated carbocycles. The van der Waals surface area contributed by atoms with Gasteiger partial charge in [-0.1, -0.05) is 6.07 Å². The third-order valence-electron chi connectivity index (χ3n) is 6.50. The molecule has 0 spiro atoms. The van der Waals surface area contributed by atoms with Gasteiger partial charge in [0.25, 0.3) is 0 Å². The Morgan fingerprint density at radius 2 is 1.19 bits per heavy atom. The van der Waals surface area contributed by atoms with Gasteiger partial charge in [-0.2, -0.15) is 0 Å². The van der Waals surface area contributed by atoms with Gasteiger partial charge in [0.2, 0.25) is 0 Å². The fraction of sp³-hybridized carbons (Fsp3) is 0.400. The average molecular weight is 507 g/mol. The summed E-state index contributed by atoms with van der Waals surface area (Å²) in [6.07, 6.45) is 6.16. The molecule has 3 aromatic carbocycles. The van der Waals surface area contributed by atoms with Crippen LogP contribution in [-0.4, -0.2) is 39.9 Å². The van der Waals surface area contributed by atoms with E-state index in [-0.39, 0.29) is 23.5 Å². The smallest absolute Gasteiger partial charge is 0.199 e. The normalized spacial score (nSPS) is 20.9. The maximum Gasteiger partial charge on any atom is 0.199 e. The van der Waals surface area contributed by atoms with Crippen LogP contribution in [0.5, 0.6) is 11.5 Å². The van der Waals surface area contributed by atoms with Crippen LogP contribution < -0.4 is 14.4 Å². The number of hydrogen-bond acceptors (Lipinski definition) is 5. The Bertz CT molecular complexity index is 1030. The number of hydrogen-bond donors (Lipinski definition) is 0. The van der Waals surface area contributed by atoms with Gasteiger partial charge in [0, 0.05) is 38.7 Å². The highest BCUT2D eigenvalue weighted by molar-refractivity contribution is 7.97. The Hall–Kier alpha value is -2.67. The molecule has 0 N–H and O–H groups in total. The summed E-state index contributed by atoms with van der Waals surface area (Å²) >= 11 is 0. The topological polar surface area (TPSA) is 40.2 Å². The van der Waals surface area contributed by atoms with Crippen LogP contribution in [0.3, 0.4) is 0 Å². The van der Waals surface area contributed by atoms with Gasteiger partial charge < -0.3 is 23.8 Å². The van der Waals surface area contributed by atoms with Crippen LogP contribution in [0.4, 0.5) is 5.69 Å². The van der Waals surface area contributed by atoms with Crippen LogP contribution in [-0.2, 0) is 20.4 Å². The van der Waals surface area contributed by atoms with E-state index >= 15 is 0 Å². The third-order valence-corrected chi connectivity index (χ3v) is 8.71. The van der Waals surface area contributed by atoms with Gasteiger partial charge in [0.1, 0.15) is 11.5 Å². The van der Waals surface area contributed by atoms with E-state index in [4.69, 9.17) is 18.9 Å². The van der Waals surface area contributed by atoms with Crippen molar-refractivity contribution in [2.24, 2.45) is 0 Å². The fourth-order valence-electron chi connectivity index (χ4n) is 4.52. The molecular weight excluding hydrogens is 470 g/mol. The number of rotatable bonds is 8. The molecule has 6 heteroatoms. The third kappa shape index (κ3) is 6.36. The number of benzene rings is 3. The maximum atomic E-state index is 6.09. The van der Waals surface area contributed by atoms with E-state index in [1.54, 1.807) is 0 Å². The van der Waals surface area contributed by atoms with Crippen LogP contribution in [0.25, 0.3) is 0 Å². The van der Waals surface area contributed by atoms with E-state index in [1.165, 1.54) is 20.4 Å². The zero-order valence-corrected chi connectivity index (χ0v) is 22.0. The molecule has 0 aliphatic carbocycles. The average Bonchev–Trinajstić information content (AvgIpc) is 2.92. The quantitative estimate of drug-likeness (QED) is 0.320.